The fraction of sp³-hybridized carbons (Fsp3) is 0.333. The molecule has 2 aromatic carbocycles. The van der Waals surface area contributed by atoms with Gasteiger partial charge in [0.25, 0.3) is 0 Å². The van der Waals surface area contributed by atoms with Crippen LogP contribution in [0.3, 0.4) is 0 Å². The van der Waals surface area contributed by atoms with E-state index in [1.807, 2.05) is 12.1 Å². The number of fused-ring (bicyclic) bond motifs is 3. The van der Waals surface area contributed by atoms with E-state index in [2.05, 4.69) is 36.6 Å². The van der Waals surface area contributed by atoms with Crippen LogP contribution in [0, 0.1) is 5.92 Å². The molecule has 0 saturated heterocycles. The summed E-state index contributed by atoms with van der Waals surface area (Å²) in [5.74, 6) is 1.12. The maximum atomic E-state index is 9.49. The molecule has 18 heavy (non-hydrogen) atoms. The normalized spacial score (nSPS) is 22.6. The van der Waals surface area contributed by atoms with Crippen molar-refractivity contribution in [2.24, 2.45) is 5.92 Å². The number of hydrogen-bond donors (Lipinski definition) is 2. The lowest BCUT2D eigenvalue weighted by Crippen LogP contribution is -2.83. The number of hydrogen-bond acceptors (Lipinski definition) is 2. The number of aliphatic hydroxyl groups excluding tert-OH is 1. The van der Waals surface area contributed by atoms with Gasteiger partial charge < -0.3 is 15.2 Å². The lowest BCUT2D eigenvalue weighted by molar-refractivity contribution is -0.679. The number of rotatable bonds is 2. The van der Waals surface area contributed by atoms with Gasteiger partial charge in [0.1, 0.15) is 11.8 Å². The highest BCUT2D eigenvalue weighted by Gasteiger charge is 2.33. The molecule has 0 aromatic heterocycles. The van der Waals surface area contributed by atoms with Crippen molar-refractivity contribution in [3.63, 3.8) is 0 Å². The largest absolute Gasteiger partial charge is 0.492 e. The van der Waals surface area contributed by atoms with Crippen LogP contribution in [0.2, 0.25) is 0 Å². The molecular formula is C15H18NO2+. The van der Waals surface area contributed by atoms with Gasteiger partial charge in [-0.3, -0.25) is 0 Å². The topological polar surface area (TPSA) is 46.1 Å². The SMILES string of the molecule is C[NH2+][C@H]1c2c(ccc3ccccc23)OC[C@@H]1CO. The minimum absolute atomic E-state index is 0.160. The van der Waals surface area contributed by atoms with Crippen LogP contribution < -0.4 is 10.1 Å². The van der Waals surface area contributed by atoms with E-state index in [1.54, 1.807) is 0 Å². The second-order valence-corrected chi connectivity index (χ2v) is 4.81. The van der Waals surface area contributed by atoms with Crippen LogP contribution >= 0.6 is 0 Å². The lowest BCUT2D eigenvalue weighted by atomic mass is 9.88. The zero-order chi connectivity index (χ0) is 12.5. The second kappa shape index (κ2) is 4.59. The van der Waals surface area contributed by atoms with E-state index < -0.39 is 0 Å². The first-order valence-corrected chi connectivity index (χ1v) is 6.40. The molecule has 3 rings (SSSR count). The first-order chi connectivity index (χ1) is 8.85. The molecule has 2 aromatic rings. The molecule has 3 N–H and O–H groups in total. The highest BCUT2D eigenvalue weighted by atomic mass is 16.5. The molecule has 0 aliphatic carbocycles. The summed E-state index contributed by atoms with van der Waals surface area (Å²) in [6.45, 7) is 0.758. The van der Waals surface area contributed by atoms with Crippen molar-refractivity contribution in [3.05, 3.63) is 42.0 Å². The van der Waals surface area contributed by atoms with Crippen LogP contribution in [0.5, 0.6) is 5.75 Å². The number of aliphatic hydroxyl groups is 1. The van der Waals surface area contributed by atoms with Gasteiger partial charge in [0.2, 0.25) is 0 Å². The Kier molecular flexibility index (Phi) is 2.94. The number of nitrogens with two attached hydrogens (primary N) is 1. The van der Waals surface area contributed by atoms with Crippen LogP contribution in [0.1, 0.15) is 11.6 Å². The zero-order valence-corrected chi connectivity index (χ0v) is 10.5. The second-order valence-electron chi connectivity index (χ2n) is 4.81. The average Bonchev–Trinajstić information content (AvgIpc) is 2.45. The molecule has 0 radical (unpaired) electrons. The van der Waals surface area contributed by atoms with Gasteiger partial charge in [0, 0.05) is 0 Å². The first-order valence-electron chi connectivity index (χ1n) is 6.40. The van der Waals surface area contributed by atoms with Crippen molar-refractivity contribution in [2.75, 3.05) is 20.3 Å². The van der Waals surface area contributed by atoms with Crippen molar-refractivity contribution < 1.29 is 15.2 Å². The minimum atomic E-state index is 0.160. The van der Waals surface area contributed by atoms with Gasteiger partial charge in [0.15, 0.2) is 0 Å². The average molecular weight is 244 g/mol. The molecule has 1 heterocycles. The fourth-order valence-electron chi connectivity index (χ4n) is 2.89. The molecule has 0 saturated carbocycles. The Labute approximate surface area is 106 Å². The standard InChI is InChI=1S/C15H17NO2/c1-16-15-11(8-17)9-18-13-7-6-10-4-2-3-5-12(10)14(13)15/h2-7,11,15-17H,8-9H2,1H3/p+1/t11-,15+/m0/s1. The Bertz CT molecular complexity index is 567. The van der Waals surface area contributed by atoms with Crippen molar-refractivity contribution in [2.45, 2.75) is 6.04 Å². The first kappa shape index (κ1) is 11.5. The lowest BCUT2D eigenvalue weighted by Gasteiger charge is -2.30. The quantitative estimate of drug-likeness (QED) is 0.830. The summed E-state index contributed by atoms with van der Waals surface area (Å²) in [5.41, 5.74) is 1.22. The summed E-state index contributed by atoms with van der Waals surface area (Å²) >= 11 is 0. The molecule has 1 aliphatic rings. The van der Waals surface area contributed by atoms with Crippen molar-refractivity contribution in [3.8, 4) is 5.75 Å². The smallest absolute Gasteiger partial charge is 0.129 e. The molecule has 0 fully saturated rings. The number of ether oxygens (including phenoxy) is 1. The van der Waals surface area contributed by atoms with Gasteiger partial charge >= 0.3 is 0 Å². The van der Waals surface area contributed by atoms with E-state index in [0.29, 0.717) is 6.61 Å². The van der Waals surface area contributed by atoms with Gasteiger partial charge in [-0.2, -0.15) is 0 Å². The highest BCUT2D eigenvalue weighted by Crippen LogP contribution is 2.38. The maximum Gasteiger partial charge on any atom is 0.129 e. The number of benzene rings is 2. The third kappa shape index (κ3) is 1.67. The van der Waals surface area contributed by atoms with E-state index >= 15 is 0 Å². The van der Waals surface area contributed by atoms with Crippen molar-refractivity contribution >= 4 is 10.8 Å². The van der Waals surface area contributed by atoms with Gasteiger partial charge in [-0.05, 0) is 16.8 Å². The predicted octanol–water partition coefficient (Wildman–Crippen LogP) is 1.07. The third-order valence-electron chi connectivity index (χ3n) is 3.82. The maximum absolute atomic E-state index is 9.49. The molecule has 1 aliphatic heterocycles. The summed E-state index contributed by atoms with van der Waals surface area (Å²) in [4.78, 5) is 0. The summed E-state index contributed by atoms with van der Waals surface area (Å²) in [6, 6.07) is 12.8. The number of quaternary nitrogens is 1. The third-order valence-corrected chi connectivity index (χ3v) is 3.82. The fourth-order valence-corrected chi connectivity index (χ4v) is 2.89. The Hall–Kier alpha value is -1.58. The molecule has 3 heteroatoms. The zero-order valence-electron chi connectivity index (χ0n) is 10.5. The van der Waals surface area contributed by atoms with Crippen molar-refractivity contribution in [1.29, 1.82) is 0 Å². The Morgan fingerprint density at radius 2 is 2.11 bits per heavy atom. The van der Waals surface area contributed by atoms with E-state index in [1.165, 1.54) is 16.3 Å². The van der Waals surface area contributed by atoms with Crippen LogP contribution in [0.15, 0.2) is 36.4 Å². The molecule has 2 atom stereocenters. The summed E-state index contributed by atoms with van der Waals surface area (Å²) in [5, 5.41) is 14.1. The molecule has 0 bridgehead atoms. The molecule has 3 nitrogen and oxygen atoms in total. The van der Waals surface area contributed by atoms with Crippen molar-refractivity contribution in [1.82, 2.24) is 0 Å². The predicted molar refractivity (Wildman–Crippen MR) is 70.6 cm³/mol. The van der Waals surface area contributed by atoms with E-state index in [-0.39, 0.29) is 18.6 Å². The van der Waals surface area contributed by atoms with E-state index in [0.717, 1.165) is 5.75 Å². The van der Waals surface area contributed by atoms with Gasteiger partial charge in [-0.25, -0.2) is 0 Å². The van der Waals surface area contributed by atoms with Crippen LogP contribution in [-0.4, -0.2) is 25.4 Å². The summed E-state index contributed by atoms with van der Waals surface area (Å²) in [7, 11) is 2.06. The van der Waals surface area contributed by atoms with Crippen LogP contribution in [-0.2, 0) is 0 Å². The molecule has 0 amide bonds. The Morgan fingerprint density at radius 1 is 1.28 bits per heavy atom. The van der Waals surface area contributed by atoms with Gasteiger partial charge in [-0.1, -0.05) is 30.3 Å². The van der Waals surface area contributed by atoms with E-state index in [9.17, 15) is 5.11 Å². The molecule has 0 unspecified atom stereocenters. The molecule has 0 spiro atoms. The van der Waals surface area contributed by atoms with Crippen LogP contribution in [0.4, 0.5) is 0 Å². The van der Waals surface area contributed by atoms with Gasteiger partial charge in [-0.15, -0.1) is 0 Å². The summed E-state index contributed by atoms with van der Waals surface area (Å²) < 4.78 is 5.79. The van der Waals surface area contributed by atoms with Gasteiger partial charge in [0.05, 0.1) is 31.7 Å². The highest BCUT2D eigenvalue weighted by molar-refractivity contribution is 5.88. The Morgan fingerprint density at radius 3 is 2.89 bits per heavy atom. The molecule has 94 valence electrons. The Balaban J connectivity index is 2.23. The van der Waals surface area contributed by atoms with E-state index in [4.69, 9.17) is 4.74 Å². The molecular weight excluding hydrogens is 226 g/mol. The monoisotopic (exact) mass is 244 g/mol. The van der Waals surface area contributed by atoms with Crippen LogP contribution in [0.25, 0.3) is 10.8 Å². The minimum Gasteiger partial charge on any atom is -0.492 e. The summed E-state index contributed by atoms with van der Waals surface area (Å²) in [6.07, 6.45) is 0.